The summed E-state index contributed by atoms with van der Waals surface area (Å²) >= 11 is 0. The number of rotatable bonds is 6. The summed E-state index contributed by atoms with van der Waals surface area (Å²) in [7, 11) is -5.80. The maximum Gasteiger partial charge on any atom is 0.184 e. The van der Waals surface area contributed by atoms with Crippen LogP contribution in [0.4, 0.5) is 0 Å². The van der Waals surface area contributed by atoms with Crippen molar-refractivity contribution in [3.8, 4) is 5.75 Å². The van der Waals surface area contributed by atoms with E-state index in [4.69, 9.17) is 4.74 Å². The van der Waals surface area contributed by atoms with Crippen molar-refractivity contribution in [2.45, 2.75) is 43.0 Å². The van der Waals surface area contributed by atoms with Gasteiger partial charge in [0.15, 0.2) is 19.7 Å². The minimum absolute atomic E-state index is 0.164. The molecule has 0 bridgehead atoms. The van der Waals surface area contributed by atoms with Crippen LogP contribution in [-0.2, 0) is 19.7 Å². The van der Waals surface area contributed by atoms with Crippen molar-refractivity contribution in [3.05, 3.63) is 59.2 Å². The smallest absolute Gasteiger partial charge is 0.184 e. The van der Waals surface area contributed by atoms with Crippen molar-refractivity contribution in [3.63, 3.8) is 0 Å². The summed E-state index contributed by atoms with van der Waals surface area (Å²) < 4.78 is 57.0. The van der Waals surface area contributed by atoms with Crippen molar-refractivity contribution < 1.29 is 21.6 Å². The van der Waals surface area contributed by atoms with Gasteiger partial charge >= 0.3 is 0 Å². The van der Waals surface area contributed by atoms with Crippen molar-refractivity contribution in [1.82, 2.24) is 5.32 Å². The number of hydrogen-bond acceptors (Lipinski definition) is 6. The molecule has 1 saturated heterocycles. The Morgan fingerprint density at radius 3 is 2.34 bits per heavy atom. The molecule has 2 aromatic rings. The normalized spacial score (nSPS) is 22.3. The SMILES string of the molecule is COc1cc(C)c(S(=O)(=O)[C@H]2CS(=O)(=O)C[C@@H]2NC(C)c2ccccc2)cc1C. The summed E-state index contributed by atoms with van der Waals surface area (Å²) in [6.45, 7) is 5.38. The molecule has 1 heterocycles. The lowest BCUT2D eigenvalue weighted by molar-refractivity contribution is 0.411. The standard InChI is InChI=1S/C21H27NO5S2/c1-14-11-20(15(2)10-19(14)27-4)29(25,26)21-13-28(23,24)12-18(21)22-16(3)17-8-6-5-7-9-17/h5-11,16,18,21-22H,12-13H2,1-4H3/t16?,18-,21-/m0/s1. The average molecular weight is 438 g/mol. The Morgan fingerprint density at radius 1 is 1.07 bits per heavy atom. The third-order valence-electron chi connectivity index (χ3n) is 5.46. The van der Waals surface area contributed by atoms with Gasteiger partial charge in [-0.15, -0.1) is 0 Å². The highest BCUT2D eigenvalue weighted by Gasteiger charge is 2.46. The Hall–Kier alpha value is -1.90. The molecule has 158 valence electrons. The van der Waals surface area contributed by atoms with Crippen LogP contribution >= 0.6 is 0 Å². The lowest BCUT2D eigenvalue weighted by Crippen LogP contribution is -2.44. The first-order chi connectivity index (χ1) is 13.5. The summed E-state index contributed by atoms with van der Waals surface area (Å²) in [5, 5.41) is 2.21. The van der Waals surface area contributed by atoms with Crippen LogP contribution in [0, 0.1) is 13.8 Å². The third-order valence-corrected chi connectivity index (χ3v) is 9.75. The van der Waals surface area contributed by atoms with Crippen molar-refractivity contribution >= 4 is 19.7 Å². The second kappa shape index (κ2) is 8.08. The van der Waals surface area contributed by atoms with Crippen LogP contribution in [0.5, 0.6) is 5.75 Å². The van der Waals surface area contributed by atoms with Gasteiger partial charge in [-0.3, -0.25) is 0 Å². The number of benzene rings is 2. The highest BCUT2D eigenvalue weighted by atomic mass is 32.2. The van der Waals surface area contributed by atoms with Gasteiger partial charge in [0, 0.05) is 12.1 Å². The molecule has 1 N–H and O–H groups in total. The van der Waals surface area contributed by atoms with Gasteiger partial charge in [-0.25, -0.2) is 16.8 Å². The van der Waals surface area contributed by atoms with E-state index in [0.717, 1.165) is 5.56 Å². The van der Waals surface area contributed by atoms with Crippen LogP contribution in [0.1, 0.15) is 29.7 Å². The van der Waals surface area contributed by atoms with E-state index in [1.807, 2.05) is 37.3 Å². The van der Waals surface area contributed by atoms with E-state index in [-0.39, 0.29) is 22.4 Å². The topological polar surface area (TPSA) is 89.5 Å². The molecular weight excluding hydrogens is 410 g/mol. The molecule has 2 aromatic carbocycles. The van der Waals surface area contributed by atoms with Gasteiger partial charge in [0.1, 0.15) is 5.75 Å². The monoisotopic (exact) mass is 437 g/mol. The highest BCUT2D eigenvalue weighted by Crippen LogP contribution is 2.32. The van der Waals surface area contributed by atoms with Crippen molar-refractivity contribution in [1.29, 1.82) is 0 Å². The molecule has 0 aromatic heterocycles. The Balaban J connectivity index is 1.97. The van der Waals surface area contributed by atoms with Gasteiger partial charge in [0.2, 0.25) is 0 Å². The van der Waals surface area contributed by atoms with Crippen LogP contribution in [-0.4, -0.2) is 46.7 Å². The van der Waals surface area contributed by atoms with Crippen LogP contribution in [0.2, 0.25) is 0 Å². The summed E-state index contributed by atoms with van der Waals surface area (Å²) in [5.74, 6) is 0.0363. The van der Waals surface area contributed by atoms with E-state index >= 15 is 0 Å². The molecule has 1 aliphatic heterocycles. The molecule has 0 aliphatic carbocycles. The molecule has 6 nitrogen and oxygen atoms in total. The number of hydrogen-bond donors (Lipinski definition) is 1. The van der Waals surface area contributed by atoms with Crippen molar-refractivity contribution in [2.75, 3.05) is 18.6 Å². The largest absolute Gasteiger partial charge is 0.496 e. The highest BCUT2D eigenvalue weighted by molar-refractivity contribution is 7.96. The molecule has 0 saturated carbocycles. The van der Waals surface area contributed by atoms with Gasteiger partial charge in [-0.2, -0.15) is 0 Å². The fraction of sp³-hybridized carbons (Fsp3) is 0.429. The molecule has 3 rings (SSSR count). The van der Waals surface area contributed by atoms with Crippen LogP contribution in [0.3, 0.4) is 0 Å². The van der Waals surface area contributed by atoms with Gasteiger partial charge in [0.25, 0.3) is 0 Å². The first-order valence-electron chi connectivity index (χ1n) is 9.45. The molecule has 0 amide bonds. The fourth-order valence-electron chi connectivity index (χ4n) is 3.89. The van der Waals surface area contributed by atoms with E-state index in [1.165, 1.54) is 7.11 Å². The summed E-state index contributed by atoms with van der Waals surface area (Å²) in [5.41, 5.74) is 2.22. The molecule has 8 heteroatoms. The predicted molar refractivity (Wildman–Crippen MR) is 114 cm³/mol. The van der Waals surface area contributed by atoms with Gasteiger partial charge in [-0.1, -0.05) is 30.3 Å². The lowest BCUT2D eigenvalue weighted by atomic mass is 10.1. The number of aryl methyl sites for hydroxylation is 2. The van der Waals surface area contributed by atoms with E-state index in [1.54, 1.807) is 26.0 Å². The number of sulfone groups is 2. The van der Waals surface area contributed by atoms with Crippen LogP contribution in [0.25, 0.3) is 0 Å². The third kappa shape index (κ3) is 4.49. The van der Waals surface area contributed by atoms with E-state index in [2.05, 4.69) is 5.32 Å². The summed E-state index contributed by atoms with van der Waals surface area (Å²) in [6.07, 6.45) is 0. The van der Waals surface area contributed by atoms with Gasteiger partial charge < -0.3 is 10.1 Å². The van der Waals surface area contributed by atoms with Crippen LogP contribution < -0.4 is 10.1 Å². The molecule has 29 heavy (non-hydrogen) atoms. The summed E-state index contributed by atoms with van der Waals surface area (Å²) in [6, 6.07) is 12.0. The maximum atomic E-state index is 13.5. The zero-order valence-electron chi connectivity index (χ0n) is 17.0. The zero-order valence-corrected chi connectivity index (χ0v) is 18.7. The van der Waals surface area contributed by atoms with Crippen molar-refractivity contribution in [2.24, 2.45) is 0 Å². The molecule has 3 atom stereocenters. The zero-order chi connectivity index (χ0) is 21.4. The Labute approximate surface area is 173 Å². The Morgan fingerprint density at radius 2 is 1.72 bits per heavy atom. The average Bonchev–Trinajstić information content (AvgIpc) is 2.98. The quantitative estimate of drug-likeness (QED) is 0.747. The molecule has 1 fully saturated rings. The van der Waals surface area contributed by atoms with E-state index in [0.29, 0.717) is 16.9 Å². The molecule has 1 aliphatic rings. The fourth-order valence-corrected chi connectivity index (χ4v) is 8.88. The second-order valence-electron chi connectivity index (χ2n) is 7.65. The predicted octanol–water partition coefficient (Wildman–Crippen LogP) is 2.60. The first kappa shape index (κ1) is 21.8. The Bertz CT molecular complexity index is 1100. The number of ether oxygens (including phenoxy) is 1. The van der Waals surface area contributed by atoms with E-state index in [9.17, 15) is 16.8 Å². The number of methoxy groups -OCH3 is 1. The number of nitrogens with one attached hydrogen (secondary N) is 1. The lowest BCUT2D eigenvalue weighted by Gasteiger charge is -2.25. The van der Waals surface area contributed by atoms with Gasteiger partial charge in [-0.05, 0) is 49.6 Å². The molecule has 0 spiro atoms. The van der Waals surface area contributed by atoms with Gasteiger partial charge in [0.05, 0.1) is 28.8 Å². The Kier molecular flexibility index (Phi) is 6.08. The first-order valence-corrected chi connectivity index (χ1v) is 12.8. The minimum Gasteiger partial charge on any atom is -0.496 e. The minimum atomic E-state index is -3.86. The molecule has 1 unspecified atom stereocenters. The second-order valence-corrected chi connectivity index (χ2v) is 11.9. The van der Waals surface area contributed by atoms with Crippen LogP contribution in [0.15, 0.2) is 47.4 Å². The maximum absolute atomic E-state index is 13.5. The van der Waals surface area contributed by atoms with E-state index < -0.39 is 31.0 Å². The summed E-state index contributed by atoms with van der Waals surface area (Å²) in [4.78, 5) is 0.164. The molecule has 0 radical (unpaired) electrons. The molecular formula is C21H27NO5S2.